The zero-order chi connectivity index (χ0) is 5.15. The van der Waals surface area contributed by atoms with Gasteiger partial charge in [-0.15, -0.1) is 0 Å². The van der Waals surface area contributed by atoms with Crippen molar-refractivity contribution in [2.24, 2.45) is 0 Å². The minimum atomic E-state index is -1.13. The Bertz CT molecular complexity index is 32.5. The molecule has 0 aromatic heterocycles. The summed E-state index contributed by atoms with van der Waals surface area (Å²) >= 11 is 0. The molecule has 0 aliphatic rings. The molecular formula is C2H9BO2Si. The second-order valence-corrected chi connectivity index (χ2v) is 4.74. The van der Waals surface area contributed by atoms with Gasteiger partial charge in [0.1, 0.15) is 0 Å². The third kappa shape index (κ3) is 2.44. The van der Waals surface area contributed by atoms with E-state index in [4.69, 9.17) is 10.0 Å². The normalized spacial score (nSPS) is 9.50. The predicted octanol–water partition coefficient (Wildman–Crippen LogP) is -0.976. The zero-order valence-corrected chi connectivity index (χ0v) is 5.20. The molecular weight excluding hydrogens is 94.9 g/mol. The van der Waals surface area contributed by atoms with Gasteiger partial charge in [0.2, 0.25) is 0 Å². The van der Waals surface area contributed by atoms with Crippen LogP contribution in [0.5, 0.6) is 0 Å². The molecule has 0 bridgehead atoms. The van der Waals surface area contributed by atoms with Crippen LogP contribution in [0, 0.1) is 0 Å². The molecule has 0 amide bonds. The molecule has 0 aliphatic carbocycles. The van der Waals surface area contributed by atoms with Gasteiger partial charge in [0.15, 0.2) is 0 Å². The van der Waals surface area contributed by atoms with Crippen molar-refractivity contribution in [2.75, 3.05) is 0 Å². The third-order valence-electron chi connectivity index (χ3n) is 0.596. The highest BCUT2D eigenvalue weighted by Gasteiger charge is 2.11. The van der Waals surface area contributed by atoms with Crippen LogP contribution in [0.3, 0.4) is 0 Å². The van der Waals surface area contributed by atoms with Crippen LogP contribution >= 0.6 is 0 Å². The first-order chi connectivity index (χ1) is 2.64. The molecule has 0 saturated carbocycles. The van der Waals surface area contributed by atoms with E-state index in [-0.39, 0.29) is 0 Å². The summed E-state index contributed by atoms with van der Waals surface area (Å²) in [5.41, 5.74) is 0. The fourth-order valence-corrected chi connectivity index (χ4v) is 0. The molecule has 0 fully saturated rings. The maximum absolute atomic E-state index is 8.25. The molecule has 0 unspecified atom stereocenters. The number of hydrogen-bond acceptors (Lipinski definition) is 2. The lowest BCUT2D eigenvalue weighted by Gasteiger charge is -1.94. The van der Waals surface area contributed by atoms with Crippen molar-refractivity contribution in [3.63, 3.8) is 0 Å². The van der Waals surface area contributed by atoms with Crippen LogP contribution in [-0.2, 0) is 0 Å². The quantitative estimate of drug-likeness (QED) is 0.420. The third-order valence-corrected chi connectivity index (χ3v) is 1.79. The van der Waals surface area contributed by atoms with E-state index in [9.17, 15) is 0 Å². The van der Waals surface area contributed by atoms with Gasteiger partial charge >= 0.3 is 6.71 Å². The molecule has 0 spiro atoms. The lowest BCUT2D eigenvalue weighted by Crippen LogP contribution is -2.29. The van der Waals surface area contributed by atoms with Gasteiger partial charge in [-0.25, -0.2) is 0 Å². The van der Waals surface area contributed by atoms with Gasteiger partial charge in [-0.05, 0) is 0 Å². The van der Waals surface area contributed by atoms with Crippen molar-refractivity contribution in [2.45, 2.75) is 13.1 Å². The average molecular weight is 104 g/mol. The molecule has 2 nitrogen and oxygen atoms in total. The second-order valence-electron chi connectivity index (χ2n) is 1.66. The second kappa shape index (κ2) is 2.39. The highest BCUT2D eigenvalue weighted by molar-refractivity contribution is 7.14. The topological polar surface area (TPSA) is 40.5 Å². The van der Waals surface area contributed by atoms with E-state index in [0.29, 0.717) is 0 Å². The van der Waals surface area contributed by atoms with E-state index < -0.39 is 15.4 Å². The molecule has 0 aromatic rings. The minimum Gasteiger partial charge on any atom is -0.430 e. The van der Waals surface area contributed by atoms with Crippen LogP contribution < -0.4 is 0 Å². The summed E-state index contributed by atoms with van der Waals surface area (Å²) in [5, 5.41) is 16.5. The molecule has 0 aliphatic heterocycles. The van der Waals surface area contributed by atoms with E-state index in [1.807, 2.05) is 13.1 Å². The first-order valence-electron chi connectivity index (χ1n) is 2.00. The van der Waals surface area contributed by atoms with Gasteiger partial charge in [-0.1, -0.05) is 13.1 Å². The van der Waals surface area contributed by atoms with Gasteiger partial charge in [-0.3, -0.25) is 0 Å². The first-order valence-corrected chi connectivity index (χ1v) is 4.98. The van der Waals surface area contributed by atoms with Crippen molar-refractivity contribution in [1.29, 1.82) is 0 Å². The fraction of sp³-hybridized carbons (Fsp3) is 1.00. The van der Waals surface area contributed by atoms with Crippen molar-refractivity contribution in [3.05, 3.63) is 0 Å². The highest BCUT2D eigenvalue weighted by atomic mass is 28.3. The highest BCUT2D eigenvalue weighted by Crippen LogP contribution is 1.77. The molecule has 0 atom stereocenters. The van der Waals surface area contributed by atoms with Crippen molar-refractivity contribution in [1.82, 2.24) is 0 Å². The summed E-state index contributed by atoms with van der Waals surface area (Å²) in [6.45, 7) is 2.75. The minimum absolute atomic E-state index is 1.01. The predicted molar refractivity (Wildman–Crippen MR) is 29.1 cm³/mol. The SMILES string of the molecule is C[SiH](C)B(O)O. The molecule has 6 heavy (non-hydrogen) atoms. The maximum Gasteiger partial charge on any atom is 0.422 e. The molecule has 4 heteroatoms. The van der Waals surface area contributed by atoms with Crippen molar-refractivity contribution >= 4 is 15.4 Å². The Morgan fingerprint density at radius 1 is 1.33 bits per heavy atom. The summed E-state index contributed by atoms with van der Waals surface area (Å²) in [6.07, 6.45) is 0. The van der Waals surface area contributed by atoms with Crippen molar-refractivity contribution in [3.8, 4) is 0 Å². The summed E-state index contributed by atoms with van der Waals surface area (Å²) in [7, 11) is -1.13. The average Bonchev–Trinajstić information content (AvgIpc) is 1.36. The van der Waals surface area contributed by atoms with E-state index in [1.165, 1.54) is 0 Å². The molecule has 0 saturated heterocycles. The van der Waals surface area contributed by atoms with Crippen LogP contribution in [0.4, 0.5) is 0 Å². The Morgan fingerprint density at radius 3 is 1.50 bits per heavy atom. The standard InChI is InChI=1S/C2H9BO2Si/c1-6(2)3(4)5/h4-6H,1-2H3. The molecule has 2 N–H and O–H groups in total. The molecule has 0 rings (SSSR count). The van der Waals surface area contributed by atoms with Crippen LogP contribution in [0.2, 0.25) is 13.1 Å². The summed E-state index contributed by atoms with van der Waals surface area (Å²) in [5.74, 6) is 0. The van der Waals surface area contributed by atoms with Gasteiger partial charge < -0.3 is 10.0 Å². The Hall–Kier alpha value is 0.202. The molecule has 0 heterocycles. The van der Waals surface area contributed by atoms with Gasteiger partial charge in [0, 0.05) is 0 Å². The maximum atomic E-state index is 8.25. The molecule has 0 radical (unpaired) electrons. The van der Waals surface area contributed by atoms with E-state index in [0.717, 1.165) is 0 Å². The molecule has 36 valence electrons. The Morgan fingerprint density at radius 2 is 1.50 bits per heavy atom. The zero-order valence-electron chi connectivity index (χ0n) is 4.05. The van der Waals surface area contributed by atoms with Crippen LogP contribution in [-0.4, -0.2) is 25.4 Å². The Labute approximate surface area is 39.5 Å². The monoisotopic (exact) mass is 104 g/mol. The Balaban J connectivity index is 2.99. The van der Waals surface area contributed by atoms with Crippen LogP contribution in [0.15, 0.2) is 0 Å². The molecule has 0 aromatic carbocycles. The number of rotatable bonds is 1. The van der Waals surface area contributed by atoms with Crippen LogP contribution in [0.1, 0.15) is 0 Å². The van der Waals surface area contributed by atoms with Crippen LogP contribution in [0.25, 0.3) is 0 Å². The van der Waals surface area contributed by atoms with Gasteiger partial charge in [0.05, 0.1) is 8.67 Å². The van der Waals surface area contributed by atoms with E-state index >= 15 is 0 Å². The summed E-state index contributed by atoms with van der Waals surface area (Å²) < 4.78 is 0. The largest absolute Gasteiger partial charge is 0.430 e. The number of hydrogen-bond donors (Lipinski definition) is 2. The lowest BCUT2D eigenvalue weighted by atomic mass is 10.4. The summed E-state index contributed by atoms with van der Waals surface area (Å²) in [6, 6.07) is 0. The summed E-state index contributed by atoms with van der Waals surface area (Å²) in [4.78, 5) is 0. The Kier molecular flexibility index (Phi) is 2.47. The fourth-order valence-electron chi connectivity index (χ4n) is 0. The van der Waals surface area contributed by atoms with Crippen molar-refractivity contribution < 1.29 is 10.0 Å². The first kappa shape index (κ1) is 6.20. The van der Waals surface area contributed by atoms with Gasteiger partial charge in [0.25, 0.3) is 0 Å². The van der Waals surface area contributed by atoms with E-state index in [1.54, 1.807) is 0 Å². The van der Waals surface area contributed by atoms with E-state index in [2.05, 4.69) is 0 Å². The smallest absolute Gasteiger partial charge is 0.422 e. The lowest BCUT2D eigenvalue weighted by molar-refractivity contribution is 0.432. The van der Waals surface area contributed by atoms with Gasteiger partial charge in [-0.2, -0.15) is 0 Å².